The summed E-state index contributed by atoms with van der Waals surface area (Å²) in [6.07, 6.45) is 3.25. The average molecular weight is 428 g/mol. The Labute approximate surface area is 184 Å². The lowest BCUT2D eigenvalue weighted by Gasteiger charge is -2.35. The summed E-state index contributed by atoms with van der Waals surface area (Å²) < 4.78 is 11.1. The lowest BCUT2D eigenvalue weighted by Crippen LogP contribution is -2.53. The molecule has 1 saturated heterocycles. The molecule has 1 aromatic heterocycles. The first-order valence-corrected chi connectivity index (χ1v) is 10.9. The van der Waals surface area contributed by atoms with Crippen LogP contribution in [0.15, 0.2) is 46.0 Å². The van der Waals surface area contributed by atoms with E-state index >= 15 is 0 Å². The van der Waals surface area contributed by atoms with Crippen molar-refractivity contribution in [1.29, 1.82) is 0 Å². The molecule has 2 N–H and O–H groups in total. The number of oxazole rings is 1. The van der Waals surface area contributed by atoms with Gasteiger partial charge in [0.2, 0.25) is 5.89 Å². The Balaban J connectivity index is 1.59. The number of hydrogen-bond donors (Lipinski definition) is 2. The van der Waals surface area contributed by atoms with Gasteiger partial charge in [-0.1, -0.05) is 18.2 Å². The van der Waals surface area contributed by atoms with Crippen LogP contribution < -0.4 is 10.6 Å². The van der Waals surface area contributed by atoms with Crippen LogP contribution in [0, 0.1) is 0 Å². The quantitative estimate of drug-likeness (QED) is 0.557. The molecule has 1 fully saturated rings. The first-order valence-electron chi connectivity index (χ1n) is 10.9. The molecule has 1 unspecified atom stereocenters. The van der Waals surface area contributed by atoms with E-state index in [0.717, 1.165) is 30.6 Å². The SMILES string of the molecule is CCNC(=NCc1coc(-c2ccccc2)n1)NC1CCCN(C(=O)OC(C)(C)C)C1. The first-order chi connectivity index (χ1) is 14.8. The van der Waals surface area contributed by atoms with Gasteiger partial charge >= 0.3 is 6.09 Å². The normalized spacial score (nSPS) is 17.4. The number of piperidine rings is 1. The Morgan fingerprint density at radius 1 is 1.32 bits per heavy atom. The summed E-state index contributed by atoms with van der Waals surface area (Å²) in [5, 5.41) is 6.71. The van der Waals surface area contributed by atoms with Crippen molar-refractivity contribution in [3.63, 3.8) is 0 Å². The molecule has 0 aliphatic carbocycles. The highest BCUT2D eigenvalue weighted by Gasteiger charge is 2.28. The van der Waals surface area contributed by atoms with Crippen molar-refractivity contribution in [2.75, 3.05) is 19.6 Å². The fourth-order valence-corrected chi connectivity index (χ4v) is 3.35. The molecule has 31 heavy (non-hydrogen) atoms. The molecule has 8 heteroatoms. The molecule has 168 valence electrons. The number of hydrogen-bond acceptors (Lipinski definition) is 5. The van der Waals surface area contributed by atoms with E-state index in [2.05, 4.69) is 20.6 Å². The van der Waals surface area contributed by atoms with Crippen LogP contribution in [0.4, 0.5) is 4.79 Å². The molecule has 0 radical (unpaired) electrons. The molecule has 0 bridgehead atoms. The Morgan fingerprint density at radius 3 is 2.81 bits per heavy atom. The molecule has 1 aliphatic heterocycles. The molecule has 1 amide bonds. The third-order valence-corrected chi connectivity index (χ3v) is 4.73. The molecule has 0 saturated carbocycles. The lowest BCUT2D eigenvalue weighted by atomic mass is 10.1. The van der Waals surface area contributed by atoms with Crippen LogP contribution in [-0.2, 0) is 11.3 Å². The molecule has 3 rings (SSSR count). The van der Waals surface area contributed by atoms with E-state index in [1.807, 2.05) is 58.0 Å². The number of guanidine groups is 1. The van der Waals surface area contributed by atoms with Crippen molar-refractivity contribution in [3.8, 4) is 11.5 Å². The number of benzene rings is 1. The van der Waals surface area contributed by atoms with E-state index in [1.165, 1.54) is 0 Å². The molecule has 8 nitrogen and oxygen atoms in total. The minimum Gasteiger partial charge on any atom is -0.444 e. The third-order valence-electron chi connectivity index (χ3n) is 4.73. The number of aliphatic imine (C=N–C) groups is 1. The van der Waals surface area contributed by atoms with Gasteiger partial charge in [0, 0.05) is 31.2 Å². The topological polar surface area (TPSA) is 92.0 Å². The average Bonchev–Trinajstić information content (AvgIpc) is 3.21. The summed E-state index contributed by atoms with van der Waals surface area (Å²) in [6, 6.07) is 9.90. The number of ether oxygens (including phenoxy) is 1. The maximum atomic E-state index is 12.4. The molecule has 2 heterocycles. The zero-order valence-corrected chi connectivity index (χ0v) is 18.9. The fourth-order valence-electron chi connectivity index (χ4n) is 3.35. The van der Waals surface area contributed by atoms with Gasteiger partial charge in [-0.3, -0.25) is 0 Å². The summed E-state index contributed by atoms with van der Waals surface area (Å²) in [5.41, 5.74) is 1.20. The minimum absolute atomic E-state index is 0.108. The highest BCUT2D eigenvalue weighted by atomic mass is 16.6. The number of amides is 1. The van der Waals surface area contributed by atoms with Crippen LogP contribution >= 0.6 is 0 Å². The van der Waals surface area contributed by atoms with E-state index in [0.29, 0.717) is 31.5 Å². The predicted molar refractivity (Wildman–Crippen MR) is 121 cm³/mol. The second kappa shape index (κ2) is 10.3. The van der Waals surface area contributed by atoms with Crippen molar-refractivity contribution >= 4 is 12.1 Å². The first kappa shape index (κ1) is 22.7. The number of rotatable bonds is 5. The van der Waals surface area contributed by atoms with E-state index in [4.69, 9.17) is 9.15 Å². The van der Waals surface area contributed by atoms with Gasteiger partial charge in [0.05, 0.1) is 6.54 Å². The fraction of sp³-hybridized carbons (Fsp3) is 0.522. The maximum Gasteiger partial charge on any atom is 0.410 e. The van der Waals surface area contributed by atoms with Crippen molar-refractivity contribution in [3.05, 3.63) is 42.3 Å². The highest BCUT2D eigenvalue weighted by Crippen LogP contribution is 2.18. The smallest absolute Gasteiger partial charge is 0.410 e. The van der Waals surface area contributed by atoms with Gasteiger partial charge in [-0.2, -0.15) is 0 Å². The largest absolute Gasteiger partial charge is 0.444 e. The van der Waals surface area contributed by atoms with Gasteiger partial charge in [0.25, 0.3) is 0 Å². The van der Waals surface area contributed by atoms with E-state index in [9.17, 15) is 4.79 Å². The van der Waals surface area contributed by atoms with Crippen LogP contribution in [0.3, 0.4) is 0 Å². The van der Waals surface area contributed by atoms with Crippen LogP contribution in [0.25, 0.3) is 11.5 Å². The molecular weight excluding hydrogens is 394 g/mol. The minimum atomic E-state index is -0.496. The lowest BCUT2D eigenvalue weighted by molar-refractivity contribution is 0.0193. The number of nitrogens with zero attached hydrogens (tertiary/aromatic N) is 3. The number of carbonyl (C=O) groups is 1. The Morgan fingerprint density at radius 2 is 2.10 bits per heavy atom. The molecule has 1 aromatic carbocycles. The Bertz CT molecular complexity index is 873. The van der Waals surface area contributed by atoms with E-state index in [-0.39, 0.29) is 12.1 Å². The summed E-state index contributed by atoms with van der Waals surface area (Å²) in [5.74, 6) is 1.28. The van der Waals surface area contributed by atoms with Gasteiger partial charge in [0.15, 0.2) is 5.96 Å². The van der Waals surface area contributed by atoms with Gasteiger partial charge in [0.1, 0.15) is 17.6 Å². The van der Waals surface area contributed by atoms with Crippen molar-refractivity contribution in [2.24, 2.45) is 4.99 Å². The summed E-state index contributed by atoms with van der Waals surface area (Å²) in [4.78, 5) is 23.4. The zero-order chi connectivity index (χ0) is 22.3. The highest BCUT2D eigenvalue weighted by molar-refractivity contribution is 5.80. The number of nitrogens with one attached hydrogen (secondary N) is 2. The molecule has 0 spiro atoms. The molecule has 1 aliphatic rings. The van der Waals surface area contributed by atoms with Gasteiger partial charge in [-0.15, -0.1) is 0 Å². The molecular formula is C23H33N5O3. The number of carbonyl (C=O) groups excluding carboxylic acids is 1. The second-order valence-corrected chi connectivity index (χ2v) is 8.62. The van der Waals surface area contributed by atoms with Crippen molar-refractivity contribution in [2.45, 2.75) is 58.7 Å². The summed E-state index contributed by atoms with van der Waals surface area (Å²) >= 11 is 0. The van der Waals surface area contributed by atoms with Crippen LogP contribution in [0.2, 0.25) is 0 Å². The van der Waals surface area contributed by atoms with Crippen LogP contribution in [0.5, 0.6) is 0 Å². The number of aromatic nitrogens is 1. The van der Waals surface area contributed by atoms with E-state index in [1.54, 1.807) is 11.2 Å². The standard InChI is InChI=1S/C23H33N5O3/c1-5-24-21(25-14-19-16-30-20(26-19)17-10-7-6-8-11-17)27-18-12-9-13-28(15-18)22(29)31-23(2,3)4/h6-8,10-11,16,18H,5,9,12-15H2,1-4H3,(H2,24,25,27). The Hall–Kier alpha value is -3.03. The number of likely N-dealkylation sites (tertiary alicyclic amines) is 1. The molecule has 2 aromatic rings. The van der Waals surface area contributed by atoms with Gasteiger partial charge in [-0.25, -0.2) is 14.8 Å². The maximum absolute atomic E-state index is 12.4. The summed E-state index contributed by atoms with van der Waals surface area (Å²) in [7, 11) is 0. The third kappa shape index (κ3) is 7.01. The Kier molecular flexibility index (Phi) is 7.55. The van der Waals surface area contributed by atoms with Crippen molar-refractivity contribution < 1.29 is 13.9 Å². The van der Waals surface area contributed by atoms with Crippen LogP contribution in [0.1, 0.15) is 46.2 Å². The van der Waals surface area contributed by atoms with Gasteiger partial charge in [-0.05, 0) is 52.7 Å². The van der Waals surface area contributed by atoms with Crippen LogP contribution in [-0.4, -0.2) is 53.2 Å². The monoisotopic (exact) mass is 427 g/mol. The van der Waals surface area contributed by atoms with E-state index < -0.39 is 5.60 Å². The zero-order valence-electron chi connectivity index (χ0n) is 18.9. The van der Waals surface area contributed by atoms with Crippen molar-refractivity contribution in [1.82, 2.24) is 20.5 Å². The summed E-state index contributed by atoms with van der Waals surface area (Å²) in [6.45, 7) is 10.1. The second-order valence-electron chi connectivity index (χ2n) is 8.62. The molecule has 1 atom stereocenters. The van der Waals surface area contributed by atoms with Gasteiger partial charge < -0.3 is 24.7 Å². The predicted octanol–water partition coefficient (Wildman–Crippen LogP) is 3.80.